The van der Waals surface area contributed by atoms with Gasteiger partial charge in [0.05, 0.1) is 23.1 Å². The smallest absolute Gasteiger partial charge is 0.224 e. The van der Waals surface area contributed by atoms with Gasteiger partial charge in [0.25, 0.3) is 0 Å². The van der Waals surface area contributed by atoms with E-state index in [2.05, 4.69) is 15.3 Å². The topological polar surface area (TPSA) is 72.4 Å². The largest absolute Gasteiger partial charge is 0.441 e. The van der Waals surface area contributed by atoms with Crippen molar-refractivity contribution in [2.75, 3.05) is 5.32 Å². The Kier molecular flexibility index (Phi) is 4.60. The Morgan fingerprint density at radius 2 is 2.07 bits per heavy atom. The number of nitrogens with zero attached hydrogens (tertiary/aromatic N) is 3. The van der Waals surface area contributed by atoms with Crippen molar-refractivity contribution in [1.82, 2.24) is 14.4 Å². The SMILES string of the molecule is Cc1cn2cc(NC(=O)CCc3ncc(-c4ccc(F)cc4F)o3)ccc2n1. The molecule has 1 N–H and O–H groups in total. The lowest BCUT2D eigenvalue weighted by atomic mass is 10.2. The number of nitrogens with one attached hydrogen (secondary N) is 1. The van der Waals surface area contributed by atoms with Gasteiger partial charge < -0.3 is 14.1 Å². The lowest BCUT2D eigenvalue weighted by Crippen LogP contribution is -2.12. The van der Waals surface area contributed by atoms with Crippen LogP contribution in [0.25, 0.3) is 17.0 Å². The summed E-state index contributed by atoms with van der Waals surface area (Å²) in [6.07, 6.45) is 5.41. The second-order valence-electron chi connectivity index (χ2n) is 6.36. The molecule has 0 radical (unpaired) electrons. The maximum atomic E-state index is 13.8. The number of halogens is 2. The fourth-order valence-corrected chi connectivity index (χ4v) is 2.88. The highest BCUT2D eigenvalue weighted by Gasteiger charge is 2.13. The minimum absolute atomic E-state index is 0.119. The van der Waals surface area contributed by atoms with Gasteiger partial charge in [0, 0.05) is 31.3 Å². The number of amides is 1. The molecule has 0 bridgehead atoms. The van der Waals surface area contributed by atoms with Crippen molar-refractivity contribution in [3.8, 4) is 11.3 Å². The molecule has 8 heteroatoms. The molecule has 4 aromatic rings. The van der Waals surface area contributed by atoms with Crippen LogP contribution in [0.1, 0.15) is 18.0 Å². The highest BCUT2D eigenvalue weighted by Crippen LogP contribution is 2.24. The summed E-state index contributed by atoms with van der Waals surface area (Å²) in [5.41, 5.74) is 2.46. The van der Waals surface area contributed by atoms with Crippen LogP contribution in [0.15, 0.2) is 53.3 Å². The second-order valence-corrected chi connectivity index (χ2v) is 6.36. The predicted octanol–water partition coefficient (Wildman–Crippen LogP) is 4.15. The summed E-state index contributed by atoms with van der Waals surface area (Å²) in [4.78, 5) is 20.6. The average Bonchev–Trinajstić information content (AvgIpc) is 3.25. The van der Waals surface area contributed by atoms with Crippen molar-refractivity contribution in [2.45, 2.75) is 19.8 Å². The first-order valence-electron chi connectivity index (χ1n) is 8.63. The molecular formula is C20H16F2N4O2. The Bertz CT molecular complexity index is 1170. The molecule has 6 nitrogen and oxygen atoms in total. The summed E-state index contributed by atoms with van der Waals surface area (Å²) >= 11 is 0. The van der Waals surface area contributed by atoms with Crippen LogP contribution in [0.5, 0.6) is 0 Å². The lowest BCUT2D eigenvalue weighted by molar-refractivity contribution is -0.116. The Hall–Kier alpha value is -3.55. The molecule has 1 aromatic carbocycles. The van der Waals surface area contributed by atoms with Crippen molar-refractivity contribution in [2.24, 2.45) is 0 Å². The maximum absolute atomic E-state index is 13.8. The van der Waals surface area contributed by atoms with Crippen LogP contribution in [0.4, 0.5) is 14.5 Å². The summed E-state index contributed by atoms with van der Waals surface area (Å²) in [7, 11) is 0. The van der Waals surface area contributed by atoms with Crippen molar-refractivity contribution in [1.29, 1.82) is 0 Å². The Morgan fingerprint density at radius 3 is 2.89 bits per heavy atom. The van der Waals surface area contributed by atoms with E-state index < -0.39 is 11.6 Å². The minimum Gasteiger partial charge on any atom is -0.441 e. The molecule has 4 rings (SSSR count). The fraction of sp³-hybridized carbons (Fsp3) is 0.150. The van der Waals surface area contributed by atoms with Crippen LogP contribution in [-0.2, 0) is 11.2 Å². The van der Waals surface area contributed by atoms with Crippen molar-refractivity contribution in [3.63, 3.8) is 0 Å². The average molecular weight is 382 g/mol. The lowest BCUT2D eigenvalue weighted by Gasteiger charge is -2.05. The molecule has 0 atom stereocenters. The molecule has 0 aliphatic carbocycles. The first-order chi connectivity index (χ1) is 13.5. The van der Waals surface area contributed by atoms with Crippen LogP contribution in [0, 0.1) is 18.6 Å². The molecule has 0 aliphatic rings. The van der Waals surface area contributed by atoms with Gasteiger partial charge in [0.1, 0.15) is 17.3 Å². The first-order valence-corrected chi connectivity index (χ1v) is 8.63. The molecule has 0 aliphatic heterocycles. The van der Waals surface area contributed by atoms with Gasteiger partial charge in [-0.1, -0.05) is 0 Å². The standard InChI is InChI=1S/C20H16F2N4O2/c1-12-10-26-11-14(3-5-18(26)24-12)25-19(27)6-7-20-23-9-17(28-20)15-4-2-13(21)8-16(15)22/h2-5,8-11H,6-7H2,1H3,(H,25,27). The zero-order valence-corrected chi connectivity index (χ0v) is 14.9. The van der Waals surface area contributed by atoms with E-state index in [1.54, 1.807) is 12.3 Å². The number of imidazole rings is 1. The number of hydrogen-bond acceptors (Lipinski definition) is 4. The zero-order chi connectivity index (χ0) is 19.7. The van der Waals surface area contributed by atoms with E-state index in [1.165, 1.54) is 12.3 Å². The highest BCUT2D eigenvalue weighted by atomic mass is 19.1. The van der Waals surface area contributed by atoms with Gasteiger partial charge in [0.2, 0.25) is 5.91 Å². The summed E-state index contributed by atoms with van der Waals surface area (Å²) in [5, 5.41) is 2.81. The number of pyridine rings is 1. The first kappa shape index (κ1) is 17.8. The molecule has 1 amide bonds. The maximum Gasteiger partial charge on any atom is 0.224 e. The van der Waals surface area contributed by atoms with Gasteiger partial charge in [0.15, 0.2) is 11.7 Å². The number of hydrogen-bond donors (Lipinski definition) is 1. The number of anilines is 1. The Labute approximate surface area is 158 Å². The molecular weight excluding hydrogens is 366 g/mol. The number of benzene rings is 1. The van der Waals surface area contributed by atoms with Crippen molar-refractivity contribution < 1.29 is 18.0 Å². The molecule has 3 heterocycles. The van der Waals surface area contributed by atoms with Gasteiger partial charge in [-0.2, -0.15) is 0 Å². The molecule has 0 saturated heterocycles. The van der Waals surface area contributed by atoms with Gasteiger partial charge >= 0.3 is 0 Å². The van der Waals surface area contributed by atoms with Crippen LogP contribution in [0.3, 0.4) is 0 Å². The molecule has 3 aromatic heterocycles. The van der Waals surface area contributed by atoms with Crippen molar-refractivity contribution >= 4 is 17.2 Å². The van der Waals surface area contributed by atoms with Gasteiger partial charge in [-0.15, -0.1) is 0 Å². The number of aromatic nitrogens is 3. The number of rotatable bonds is 5. The number of carbonyl (C=O) groups excluding carboxylic acids is 1. The summed E-state index contributed by atoms with van der Waals surface area (Å²) in [5.74, 6) is -1.11. The molecule has 0 spiro atoms. The van der Waals surface area contributed by atoms with Crippen LogP contribution in [0.2, 0.25) is 0 Å². The van der Waals surface area contributed by atoms with Gasteiger partial charge in [-0.3, -0.25) is 4.79 Å². The molecule has 0 saturated carbocycles. The summed E-state index contributed by atoms with van der Waals surface area (Å²) in [6, 6.07) is 6.81. The highest BCUT2D eigenvalue weighted by molar-refractivity contribution is 5.90. The van der Waals surface area contributed by atoms with Gasteiger partial charge in [-0.25, -0.2) is 18.7 Å². The monoisotopic (exact) mass is 382 g/mol. The quantitative estimate of drug-likeness (QED) is 0.563. The van der Waals surface area contributed by atoms with E-state index in [0.717, 1.165) is 23.5 Å². The summed E-state index contributed by atoms with van der Waals surface area (Å²) < 4.78 is 34.1. The van der Waals surface area contributed by atoms with Crippen LogP contribution >= 0.6 is 0 Å². The van der Waals surface area contributed by atoms with E-state index in [1.807, 2.05) is 23.6 Å². The van der Waals surface area contributed by atoms with E-state index in [-0.39, 0.29) is 30.1 Å². The molecule has 0 unspecified atom stereocenters. The fourth-order valence-electron chi connectivity index (χ4n) is 2.88. The predicted molar refractivity (Wildman–Crippen MR) is 98.7 cm³/mol. The van der Waals surface area contributed by atoms with Crippen LogP contribution in [-0.4, -0.2) is 20.3 Å². The number of carbonyl (C=O) groups is 1. The Morgan fingerprint density at radius 1 is 1.21 bits per heavy atom. The number of oxazole rings is 1. The van der Waals surface area contributed by atoms with E-state index in [0.29, 0.717) is 11.6 Å². The normalized spacial score (nSPS) is 11.1. The molecule has 0 fully saturated rings. The van der Waals surface area contributed by atoms with E-state index in [9.17, 15) is 13.6 Å². The number of fused-ring (bicyclic) bond motifs is 1. The third-order valence-corrected chi connectivity index (χ3v) is 4.17. The molecule has 28 heavy (non-hydrogen) atoms. The molecule has 142 valence electrons. The minimum atomic E-state index is -0.731. The van der Waals surface area contributed by atoms with Gasteiger partial charge in [-0.05, 0) is 31.2 Å². The third-order valence-electron chi connectivity index (χ3n) is 4.17. The van der Waals surface area contributed by atoms with Crippen molar-refractivity contribution in [3.05, 3.63) is 72.1 Å². The van der Waals surface area contributed by atoms with E-state index >= 15 is 0 Å². The van der Waals surface area contributed by atoms with Crippen LogP contribution < -0.4 is 5.32 Å². The number of aryl methyl sites for hydroxylation is 2. The summed E-state index contributed by atoms with van der Waals surface area (Å²) in [6.45, 7) is 1.90. The van der Waals surface area contributed by atoms with E-state index in [4.69, 9.17) is 4.42 Å². The zero-order valence-electron chi connectivity index (χ0n) is 14.9. The Balaban J connectivity index is 1.38. The third kappa shape index (κ3) is 3.75. The second kappa shape index (κ2) is 7.22.